The second kappa shape index (κ2) is 4.44. The molecule has 1 amide bonds. The lowest BCUT2D eigenvalue weighted by Crippen LogP contribution is -2.13. The highest BCUT2D eigenvalue weighted by molar-refractivity contribution is 6.03. The maximum Gasteiger partial charge on any atom is 0.354 e. The highest BCUT2D eigenvalue weighted by atomic mass is 16.5. The lowest BCUT2D eigenvalue weighted by molar-refractivity contribution is 0.0690. The van der Waals surface area contributed by atoms with Crippen LogP contribution in [-0.4, -0.2) is 27.1 Å². The lowest BCUT2D eigenvalue weighted by Gasteiger charge is -2.02. The fourth-order valence-electron chi connectivity index (χ4n) is 1.15. The number of rotatable bonds is 3. The molecule has 86 valence electrons. The summed E-state index contributed by atoms with van der Waals surface area (Å²) in [7, 11) is 0. The molecule has 2 heterocycles. The van der Waals surface area contributed by atoms with Crippen LogP contribution in [0.2, 0.25) is 0 Å². The fraction of sp³-hybridized carbons (Fsp3) is 0. The van der Waals surface area contributed by atoms with Crippen LogP contribution in [0.3, 0.4) is 0 Å². The monoisotopic (exact) mass is 233 g/mol. The van der Waals surface area contributed by atoms with Crippen molar-refractivity contribution in [2.45, 2.75) is 0 Å². The zero-order valence-corrected chi connectivity index (χ0v) is 8.45. The van der Waals surface area contributed by atoms with Crippen LogP contribution in [0, 0.1) is 0 Å². The van der Waals surface area contributed by atoms with Crippen LogP contribution >= 0.6 is 0 Å². The van der Waals surface area contributed by atoms with E-state index < -0.39 is 11.9 Å². The van der Waals surface area contributed by atoms with E-state index in [9.17, 15) is 9.59 Å². The van der Waals surface area contributed by atoms with Crippen LogP contribution in [0.4, 0.5) is 5.69 Å². The molecule has 0 bridgehead atoms. The molecule has 7 heteroatoms. The Bertz CT molecular complexity index is 550. The lowest BCUT2D eigenvalue weighted by atomic mass is 10.3. The van der Waals surface area contributed by atoms with E-state index in [1.54, 1.807) is 0 Å². The number of carbonyl (C=O) groups excluding carboxylic acids is 1. The first-order chi connectivity index (χ1) is 8.16. The van der Waals surface area contributed by atoms with Gasteiger partial charge in [0, 0.05) is 18.0 Å². The Kier molecular flexibility index (Phi) is 2.82. The third kappa shape index (κ3) is 2.46. The molecule has 2 aromatic rings. The third-order valence-corrected chi connectivity index (χ3v) is 1.91. The number of anilines is 1. The fourth-order valence-corrected chi connectivity index (χ4v) is 1.15. The van der Waals surface area contributed by atoms with Gasteiger partial charge >= 0.3 is 5.97 Å². The maximum absolute atomic E-state index is 11.6. The minimum absolute atomic E-state index is 0.110. The summed E-state index contributed by atoms with van der Waals surface area (Å²) in [6, 6.07) is 4.12. The van der Waals surface area contributed by atoms with Crippen molar-refractivity contribution in [1.82, 2.24) is 10.1 Å². The van der Waals surface area contributed by atoms with E-state index in [-0.39, 0.29) is 11.4 Å². The van der Waals surface area contributed by atoms with E-state index in [2.05, 4.69) is 20.0 Å². The maximum atomic E-state index is 11.6. The smallest absolute Gasteiger partial charge is 0.354 e. The number of carboxylic acid groups (broad SMARTS) is 1. The van der Waals surface area contributed by atoms with Gasteiger partial charge in [0.05, 0.1) is 0 Å². The van der Waals surface area contributed by atoms with Gasteiger partial charge < -0.3 is 14.9 Å². The predicted molar refractivity (Wildman–Crippen MR) is 55.7 cm³/mol. The van der Waals surface area contributed by atoms with Crippen LogP contribution in [0.1, 0.15) is 21.0 Å². The molecular formula is C10H7N3O4. The number of aromatic carboxylic acids is 1. The van der Waals surface area contributed by atoms with Crippen molar-refractivity contribution in [2.75, 3.05) is 5.32 Å². The Morgan fingerprint density at radius 3 is 2.76 bits per heavy atom. The summed E-state index contributed by atoms with van der Waals surface area (Å²) in [5.41, 5.74) is 0.284. The zero-order chi connectivity index (χ0) is 12.3. The Balaban J connectivity index is 2.16. The SMILES string of the molecule is O=C(O)c1cc(NC(=O)c2ccon2)ccn1. The molecule has 2 aromatic heterocycles. The zero-order valence-electron chi connectivity index (χ0n) is 8.45. The van der Waals surface area contributed by atoms with Gasteiger partial charge in [-0.3, -0.25) is 4.79 Å². The van der Waals surface area contributed by atoms with Crippen molar-refractivity contribution in [2.24, 2.45) is 0 Å². The third-order valence-electron chi connectivity index (χ3n) is 1.91. The molecule has 2 rings (SSSR count). The molecular weight excluding hydrogens is 226 g/mol. The van der Waals surface area contributed by atoms with E-state index in [1.807, 2.05) is 0 Å². The summed E-state index contributed by atoms with van der Waals surface area (Å²) >= 11 is 0. The minimum atomic E-state index is -1.16. The van der Waals surface area contributed by atoms with Gasteiger partial charge in [0.25, 0.3) is 5.91 Å². The van der Waals surface area contributed by atoms with Crippen molar-refractivity contribution in [3.8, 4) is 0 Å². The molecule has 2 N–H and O–H groups in total. The molecule has 0 saturated heterocycles. The number of amides is 1. The first-order valence-electron chi connectivity index (χ1n) is 4.58. The summed E-state index contributed by atoms with van der Waals surface area (Å²) in [4.78, 5) is 25.8. The van der Waals surface area contributed by atoms with Crippen molar-refractivity contribution in [1.29, 1.82) is 0 Å². The number of nitrogens with one attached hydrogen (secondary N) is 1. The molecule has 0 fully saturated rings. The number of hydrogen-bond acceptors (Lipinski definition) is 5. The van der Waals surface area contributed by atoms with Crippen LogP contribution in [-0.2, 0) is 0 Å². The summed E-state index contributed by atoms with van der Waals surface area (Å²) in [6.45, 7) is 0. The largest absolute Gasteiger partial charge is 0.477 e. The molecule has 0 unspecified atom stereocenters. The van der Waals surface area contributed by atoms with Crippen LogP contribution in [0.5, 0.6) is 0 Å². The van der Waals surface area contributed by atoms with Crippen LogP contribution < -0.4 is 5.32 Å². The van der Waals surface area contributed by atoms with Crippen molar-refractivity contribution in [3.63, 3.8) is 0 Å². The van der Waals surface area contributed by atoms with Gasteiger partial charge in [0.1, 0.15) is 12.0 Å². The first kappa shape index (κ1) is 10.8. The number of carbonyl (C=O) groups is 2. The van der Waals surface area contributed by atoms with Gasteiger partial charge in [-0.05, 0) is 12.1 Å². The van der Waals surface area contributed by atoms with Crippen molar-refractivity contribution < 1.29 is 19.2 Å². The second-order valence-corrected chi connectivity index (χ2v) is 3.07. The predicted octanol–water partition coefficient (Wildman–Crippen LogP) is 1.02. The number of pyridine rings is 1. The van der Waals surface area contributed by atoms with Crippen molar-refractivity contribution >= 4 is 17.6 Å². The van der Waals surface area contributed by atoms with E-state index in [0.29, 0.717) is 5.69 Å². The van der Waals surface area contributed by atoms with Gasteiger partial charge in [0.2, 0.25) is 0 Å². The summed E-state index contributed by atoms with van der Waals surface area (Å²) in [5.74, 6) is -1.65. The first-order valence-corrected chi connectivity index (χ1v) is 4.58. The molecule has 17 heavy (non-hydrogen) atoms. The molecule has 0 atom stereocenters. The van der Waals surface area contributed by atoms with E-state index in [1.165, 1.54) is 30.7 Å². The summed E-state index contributed by atoms with van der Waals surface area (Å²) in [5, 5.41) is 14.7. The van der Waals surface area contributed by atoms with Crippen LogP contribution in [0.15, 0.2) is 35.2 Å². The Morgan fingerprint density at radius 1 is 1.29 bits per heavy atom. The quantitative estimate of drug-likeness (QED) is 0.819. The van der Waals surface area contributed by atoms with E-state index in [4.69, 9.17) is 5.11 Å². The Hall–Kier alpha value is -2.70. The van der Waals surface area contributed by atoms with Gasteiger partial charge in [-0.15, -0.1) is 0 Å². The molecule has 7 nitrogen and oxygen atoms in total. The number of carboxylic acids is 1. The van der Waals surface area contributed by atoms with Gasteiger partial charge in [-0.2, -0.15) is 0 Å². The molecule has 0 saturated carbocycles. The highest BCUT2D eigenvalue weighted by Crippen LogP contribution is 2.09. The average molecular weight is 233 g/mol. The van der Waals surface area contributed by atoms with Gasteiger partial charge in [0.15, 0.2) is 5.69 Å². The standard InChI is InChI=1S/C10H7N3O4/c14-9(7-2-4-17-13-7)12-6-1-3-11-8(5-6)10(15)16/h1-5H,(H,15,16)(H,11,12,14). The number of hydrogen-bond donors (Lipinski definition) is 2. The minimum Gasteiger partial charge on any atom is -0.477 e. The van der Waals surface area contributed by atoms with E-state index >= 15 is 0 Å². The molecule has 0 aliphatic carbocycles. The van der Waals surface area contributed by atoms with Crippen molar-refractivity contribution in [3.05, 3.63) is 42.0 Å². The van der Waals surface area contributed by atoms with E-state index in [0.717, 1.165) is 0 Å². The Morgan fingerprint density at radius 2 is 2.12 bits per heavy atom. The molecule has 0 radical (unpaired) electrons. The normalized spacial score (nSPS) is 9.88. The molecule has 0 spiro atoms. The molecule has 0 aromatic carbocycles. The summed E-state index contributed by atoms with van der Waals surface area (Å²) < 4.78 is 4.52. The van der Waals surface area contributed by atoms with Crippen LogP contribution in [0.25, 0.3) is 0 Å². The Labute approximate surface area is 95.1 Å². The summed E-state index contributed by atoms with van der Waals surface area (Å²) in [6.07, 6.45) is 2.56. The molecule has 0 aliphatic heterocycles. The number of nitrogens with zero attached hydrogens (tertiary/aromatic N) is 2. The van der Waals surface area contributed by atoms with Gasteiger partial charge in [-0.1, -0.05) is 5.16 Å². The number of aromatic nitrogens is 2. The molecule has 0 aliphatic rings. The topological polar surface area (TPSA) is 105 Å². The van der Waals surface area contributed by atoms with Gasteiger partial charge in [-0.25, -0.2) is 9.78 Å². The average Bonchev–Trinajstić information content (AvgIpc) is 2.82. The second-order valence-electron chi connectivity index (χ2n) is 3.07. The highest BCUT2D eigenvalue weighted by Gasteiger charge is 2.11.